The first-order valence-electron chi connectivity index (χ1n) is 12.0. The van der Waals surface area contributed by atoms with Gasteiger partial charge in [0.15, 0.2) is 0 Å². The Bertz CT molecular complexity index is 1020. The minimum absolute atomic E-state index is 0.100. The lowest BCUT2D eigenvalue weighted by Gasteiger charge is -2.42. The van der Waals surface area contributed by atoms with E-state index >= 15 is 0 Å². The van der Waals surface area contributed by atoms with Gasteiger partial charge in [-0.1, -0.05) is 24.1 Å². The maximum Gasteiger partial charge on any atom is 0.455 e. The topological polar surface area (TPSA) is 87.1 Å². The summed E-state index contributed by atoms with van der Waals surface area (Å²) in [6, 6.07) is 3.98. The number of aromatic hydroxyl groups is 1. The maximum atomic E-state index is 12.9. The molecule has 0 unspecified atom stereocenters. The van der Waals surface area contributed by atoms with Crippen LogP contribution in [0.2, 0.25) is 6.32 Å². The maximum absolute atomic E-state index is 12.9. The molecular weight excluding hydrogens is 417 g/mol. The van der Waals surface area contributed by atoms with E-state index in [4.69, 9.17) is 4.65 Å². The molecule has 0 spiro atoms. The predicted octanol–water partition coefficient (Wildman–Crippen LogP) is 4.03. The number of hydrogen-bond acceptors (Lipinski definition) is 5. The van der Waals surface area contributed by atoms with Gasteiger partial charge in [0, 0.05) is 7.05 Å². The van der Waals surface area contributed by atoms with Crippen molar-refractivity contribution in [3.63, 3.8) is 0 Å². The zero-order valence-corrected chi connectivity index (χ0v) is 20.2. The molecule has 0 aromatic heterocycles. The van der Waals surface area contributed by atoms with Crippen LogP contribution in [0.25, 0.3) is 6.08 Å². The van der Waals surface area contributed by atoms with Crippen molar-refractivity contribution < 1.29 is 24.4 Å². The molecule has 0 saturated carbocycles. The summed E-state index contributed by atoms with van der Waals surface area (Å²) in [4.78, 5) is 26.7. The highest BCUT2D eigenvalue weighted by Gasteiger charge is 2.55. The van der Waals surface area contributed by atoms with E-state index in [0.29, 0.717) is 24.9 Å². The molecule has 7 heteroatoms. The van der Waals surface area contributed by atoms with Gasteiger partial charge in [-0.15, -0.1) is 0 Å². The van der Waals surface area contributed by atoms with E-state index in [0.717, 1.165) is 40.7 Å². The predicted molar refractivity (Wildman–Crippen MR) is 128 cm³/mol. The Morgan fingerprint density at radius 2 is 1.85 bits per heavy atom. The summed E-state index contributed by atoms with van der Waals surface area (Å²) >= 11 is 0. The van der Waals surface area contributed by atoms with Crippen molar-refractivity contribution in [2.24, 2.45) is 17.8 Å². The molecule has 2 aliphatic heterocycles. The first kappa shape index (κ1) is 23.8. The molecule has 6 nitrogen and oxygen atoms in total. The van der Waals surface area contributed by atoms with Crippen LogP contribution < -0.4 is 0 Å². The van der Waals surface area contributed by atoms with Crippen molar-refractivity contribution in [3.05, 3.63) is 45.5 Å². The Hall–Kier alpha value is -2.38. The Morgan fingerprint density at radius 1 is 1.18 bits per heavy atom. The van der Waals surface area contributed by atoms with Crippen LogP contribution in [0.1, 0.15) is 56.2 Å². The number of carbonyl (C=O) groups excluding carboxylic acids is 2. The van der Waals surface area contributed by atoms with Gasteiger partial charge in [-0.05, 0) is 93.1 Å². The quantitative estimate of drug-likeness (QED) is 0.401. The van der Waals surface area contributed by atoms with Gasteiger partial charge in [0.2, 0.25) is 11.8 Å². The van der Waals surface area contributed by atoms with Crippen LogP contribution in [0, 0.1) is 31.6 Å². The van der Waals surface area contributed by atoms with Crippen LogP contribution >= 0.6 is 0 Å². The van der Waals surface area contributed by atoms with E-state index in [2.05, 4.69) is 13.0 Å². The highest BCUT2D eigenvalue weighted by molar-refractivity contribution is 6.43. The van der Waals surface area contributed by atoms with Crippen molar-refractivity contribution in [1.29, 1.82) is 0 Å². The summed E-state index contributed by atoms with van der Waals surface area (Å²) < 4.78 is 5.99. The van der Waals surface area contributed by atoms with E-state index in [1.807, 2.05) is 32.9 Å². The smallest absolute Gasteiger partial charge is 0.455 e. The van der Waals surface area contributed by atoms with Crippen molar-refractivity contribution >= 4 is 25.0 Å². The van der Waals surface area contributed by atoms with Crippen LogP contribution in [0.5, 0.6) is 5.75 Å². The zero-order valence-electron chi connectivity index (χ0n) is 20.2. The highest BCUT2D eigenvalue weighted by Crippen LogP contribution is 2.50. The molecule has 3 aliphatic rings. The number of fused-ring (bicyclic) bond motifs is 3. The third kappa shape index (κ3) is 4.29. The first-order valence-corrected chi connectivity index (χ1v) is 12.0. The van der Waals surface area contributed by atoms with Crippen LogP contribution in [-0.4, -0.2) is 47.1 Å². The summed E-state index contributed by atoms with van der Waals surface area (Å²) in [5.74, 6) is -0.725. The van der Waals surface area contributed by atoms with Crippen molar-refractivity contribution in [3.8, 4) is 5.75 Å². The average molecular weight is 451 g/mol. The third-order valence-corrected chi connectivity index (χ3v) is 7.74. The van der Waals surface area contributed by atoms with E-state index in [1.54, 1.807) is 7.05 Å². The molecule has 1 aliphatic carbocycles. The van der Waals surface area contributed by atoms with Crippen molar-refractivity contribution in [2.75, 3.05) is 7.05 Å². The van der Waals surface area contributed by atoms with E-state index in [1.165, 1.54) is 10.5 Å². The molecule has 2 amide bonds. The minimum atomic E-state index is -0.930. The number of carbonyl (C=O) groups is 2. The molecule has 1 aromatic rings. The van der Waals surface area contributed by atoms with Gasteiger partial charge in [0.1, 0.15) is 5.75 Å². The van der Waals surface area contributed by atoms with Crippen LogP contribution in [0.15, 0.2) is 28.9 Å². The standard InChI is InChI=1S/C26H34BNO5/c1-6-17(12-18-9-15(3)24(29)16(4)10-18)7-8-21-22-14(2)11-19-23(20(22)13-27(32)33-21)26(31)28(5)25(19)30/h9-10,12,19-21,23,29,32H,6-8,11,13H2,1-5H3/b17-12+/t19-,20+,21-,23-/m1/s1. The molecule has 2 saturated heterocycles. The number of aryl methyl sites for hydroxylation is 2. The third-order valence-electron chi connectivity index (χ3n) is 7.74. The average Bonchev–Trinajstić information content (AvgIpc) is 2.98. The van der Waals surface area contributed by atoms with Gasteiger partial charge in [-0.2, -0.15) is 0 Å². The van der Waals surface area contributed by atoms with Gasteiger partial charge in [0.05, 0.1) is 17.9 Å². The van der Waals surface area contributed by atoms with Gasteiger partial charge >= 0.3 is 7.12 Å². The summed E-state index contributed by atoms with van der Waals surface area (Å²) in [5, 5.41) is 20.6. The molecule has 33 heavy (non-hydrogen) atoms. The SMILES string of the molecule is CC/C(=C\c1cc(C)c(O)c(C)c1)CC[C@H]1OB(O)C[C@H]2C1=C(C)C[C@H]1C(=O)N(C)C(=O)[C@H]12. The van der Waals surface area contributed by atoms with Crippen LogP contribution in [-0.2, 0) is 14.2 Å². The number of nitrogens with zero attached hydrogens (tertiary/aromatic N) is 1. The second-order valence-electron chi connectivity index (χ2n) is 9.93. The summed E-state index contributed by atoms with van der Waals surface area (Å²) in [6.07, 6.45) is 5.26. The molecule has 1 aromatic carbocycles. The molecule has 0 bridgehead atoms. The molecule has 4 atom stereocenters. The Kier molecular flexibility index (Phi) is 6.56. The number of amides is 2. The van der Waals surface area contributed by atoms with Crippen molar-refractivity contribution in [2.45, 2.75) is 65.8 Å². The number of hydrogen-bond donors (Lipinski definition) is 2. The lowest BCUT2D eigenvalue weighted by molar-refractivity contribution is -0.138. The molecule has 2 fully saturated rings. The van der Waals surface area contributed by atoms with Gasteiger partial charge in [0.25, 0.3) is 0 Å². The normalized spacial score (nSPS) is 27.9. The molecule has 2 heterocycles. The first-order chi connectivity index (χ1) is 15.6. The fraction of sp³-hybridized carbons (Fsp3) is 0.538. The number of phenolic OH excluding ortho intramolecular Hbond substituents is 1. The monoisotopic (exact) mass is 451 g/mol. The fourth-order valence-electron chi connectivity index (χ4n) is 6.05. The zero-order chi connectivity index (χ0) is 24.0. The Balaban J connectivity index is 1.57. The van der Waals surface area contributed by atoms with E-state index in [9.17, 15) is 19.7 Å². The number of imide groups is 1. The van der Waals surface area contributed by atoms with E-state index < -0.39 is 7.12 Å². The lowest BCUT2D eigenvalue weighted by atomic mass is 9.59. The number of benzene rings is 1. The molecule has 2 N–H and O–H groups in total. The summed E-state index contributed by atoms with van der Waals surface area (Å²) in [6.45, 7) is 7.97. The van der Waals surface area contributed by atoms with E-state index in [-0.39, 0.29) is 35.7 Å². The highest BCUT2D eigenvalue weighted by atomic mass is 16.5. The summed E-state index contributed by atoms with van der Waals surface area (Å²) in [5.41, 5.74) is 6.29. The second-order valence-corrected chi connectivity index (χ2v) is 9.93. The summed E-state index contributed by atoms with van der Waals surface area (Å²) in [7, 11) is 0.636. The number of allylic oxidation sites excluding steroid dienone is 2. The number of likely N-dealkylation sites (tertiary alicyclic amines) is 1. The van der Waals surface area contributed by atoms with Crippen LogP contribution in [0.3, 0.4) is 0 Å². The van der Waals surface area contributed by atoms with Crippen LogP contribution in [0.4, 0.5) is 0 Å². The molecule has 176 valence electrons. The van der Waals surface area contributed by atoms with Crippen molar-refractivity contribution in [1.82, 2.24) is 4.90 Å². The molecular formula is C26H34BNO5. The Morgan fingerprint density at radius 3 is 2.48 bits per heavy atom. The number of rotatable bonds is 5. The second kappa shape index (κ2) is 9.11. The minimum Gasteiger partial charge on any atom is -0.507 e. The fourth-order valence-corrected chi connectivity index (χ4v) is 6.05. The Labute approximate surface area is 196 Å². The van der Waals surface area contributed by atoms with Gasteiger partial charge in [-0.3, -0.25) is 14.5 Å². The molecule has 0 radical (unpaired) electrons. The van der Waals surface area contributed by atoms with Gasteiger partial charge in [-0.25, -0.2) is 0 Å². The number of phenols is 1. The largest absolute Gasteiger partial charge is 0.507 e. The molecule has 4 rings (SSSR count). The van der Waals surface area contributed by atoms with Gasteiger partial charge < -0.3 is 14.8 Å². The lowest BCUT2D eigenvalue weighted by Crippen LogP contribution is -2.45.